The van der Waals surface area contributed by atoms with Crippen molar-refractivity contribution in [3.8, 4) is 17.3 Å². The Balaban J connectivity index is 2.09. The summed E-state index contributed by atoms with van der Waals surface area (Å²) in [5, 5.41) is 12.9. The predicted molar refractivity (Wildman–Crippen MR) is 93.9 cm³/mol. The second-order valence-electron chi connectivity index (χ2n) is 6.97. The van der Waals surface area contributed by atoms with E-state index in [-0.39, 0.29) is 6.42 Å². The lowest BCUT2D eigenvalue weighted by atomic mass is 10.2. The molecule has 2 aromatic heterocycles. The van der Waals surface area contributed by atoms with Gasteiger partial charge in [-0.2, -0.15) is 10.1 Å². The van der Waals surface area contributed by atoms with Crippen LogP contribution in [0.4, 0.5) is 0 Å². The van der Waals surface area contributed by atoms with Crippen LogP contribution in [-0.4, -0.2) is 45.5 Å². The maximum atomic E-state index is 10.6. The van der Waals surface area contributed by atoms with Crippen molar-refractivity contribution >= 4 is 14.0 Å². The summed E-state index contributed by atoms with van der Waals surface area (Å²) < 4.78 is 7.32. The predicted octanol–water partition coefficient (Wildman–Crippen LogP) is 2.84. The summed E-state index contributed by atoms with van der Waals surface area (Å²) >= 11 is 0. The van der Waals surface area contributed by atoms with Crippen molar-refractivity contribution in [1.82, 2.24) is 19.7 Å². The molecule has 0 aromatic carbocycles. The molecule has 0 bridgehead atoms. The summed E-state index contributed by atoms with van der Waals surface area (Å²) in [6.45, 7) is 9.74. The summed E-state index contributed by atoms with van der Waals surface area (Å²) in [5.41, 5.74) is 2.37. The van der Waals surface area contributed by atoms with E-state index in [0.717, 1.165) is 23.0 Å². The Morgan fingerprint density at radius 3 is 2.75 bits per heavy atom. The number of carbonyl (C=O) groups is 1. The molecule has 130 valence electrons. The molecule has 2 aromatic rings. The van der Waals surface area contributed by atoms with E-state index in [1.54, 1.807) is 17.1 Å². The third-order valence-corrected chi connectivity index (χ3v) is 5.10. The number of aromatic nitrogens is 4. The fraction of sp³-hybridized carbons (Fsp3) is 0.500. The van der Waals surface area contributed by atoms with E-state index < -0.39 is 14.0 Å². The fourth-order valence-corrected chi connectivity index (χ4v) is 2.75. The lowest BCUT2D eigenvalue weighted by Gasteiger charge is -2.15. The highest BCUT2D eigenvalue weighted by atomic mass is 28.3. The minimum absolute atomic E-state index is 0.0367. The Bertz CT molecular complexity index is 710. The molecule has 0 aliphatic rings. The molecule has 24 heavy (non-hydrogen) atoms. The normalized spacial score (nSPS) is 11.5. The first-order chi connectivity index (χ1) is 11.2. The molecule has 8 heteroatoms. The zero-order valence-electron chi connectivity index (χ0n) is 14.6. The molecule has 0 fully saturated rings. The Kier molecular flexibility index (Phi) is 5.71. The first-order valence-corrected chi connectivity index (χ1v) is 11.7. The van der Waals surface area contributed by atoms with Crippen molar-refractivity contribution in [2.75, 3.05) is 6.61 Å². The molecule has 0 atom stereocenters. The number of aliphatic carboxylic acids is 1. The smallest absolute Gasteiger partial charge is 0.317 e. The summed E-state index contributed by atoms with van der Waals surface area (Å²) in [4.78, 5) is 19.4. The third-order valence-electron chi connectivity index (χ3n) is 3.40. The van der Waals surface area contributed by atoms with Crippen LogP contribution >= 0.6 is 0 Å². The van der Waals surface area contributed by atoms with Gasteiger partial charge >= 0.3 is 12.0 Å². The van der Waals surface area contributed by atoms with Crippen LogP contribution in [0, 0.1) is 6.92 Å². The van der Waals surface area contributed by atoms with Crippen molar-refractivity contribution < 1.29 is 14.6 Å². The number of carboxylic acid groups (broad SMARTS) is 1. The Hall–Kier alpha value is -2.22. The van der Waals surface area contributed by atoms with Gasteiger partial charge in [0.05, 0.1) is 31.5 Å². The molecule has 0 saturated heterocycles. The fourth-order valence-electron chi connectivity index (χ4n) is 2.03. The minimum Gasteiger partial charge on any atom is -0.481 e. The number of rotatable bonds is 8. The quantitative estimate of drug-likeness (QED) is 0.738. The number of aryl methyl sites for hydroxylation is 2. The van der Waals surface area contributed by atoms with Crippen LogP contribution in [-0.2, 0) is 11.3 Å². The van der Waals surface area contributed by atoms with Crippen molar-refractivity contribution in [3.05, 3.63) is 24.2 Å². The van der Waals surface area contributed by atoms with E-state index in [4.69, 9.17) is 9.84 Å². The molecular formula is C16H24N4O3Si. The van der Waals surface area contributed by atoms with E-state index in [1.165, 1.54) is 0 Å². The van der Waals surface area contributed by atoms with Crippen LogP contribution in [0.15, 0.2) is 18.5 Å². The van der Waals surface area contributed by atoms with Crippen LogP contribution < -0.4 is 4.74 Å². The van der Waals surface area contributed by atoms with Gasteiger partial charge in [0.1, 0.15) is 0 Å². The first-order valence-electron chi connectivity index (χ1n) is 7.96. The average Bonchev–Trinajstić information content (AvgIpc) is 2.92. The van der Waals surface area contributed by atoms with Gasteiger partial charge < -0.3 is 9.84 Å². The number of ether oxygens (including phenoxy) is 1. The maximum absolute atomic E-state index is 10.6. The highest BCUT2D eigenvalue weighted by Gasteiger charge is 2.14. The zero-order chi connectivity index (χ0) is 17.7. The molecule has 0 aliphatic carbocycles. The van der Waals surface area contributed by atoms with Crippen LogP contribution in [0.1, 0.15) is 12.1 Å². The number of carboxylic acids is 1. The molecule has 0 spiro atoms. The van der Waals surface area contributed by atoms with Crippen molar-refractivity contribution in [2.24, 2.45) is 0 Å². The standard InChI is InChI=1S/C16H24N4O3Si/c1-12-9-14(13-10-17-20(11-13)6-5-15(21)22)19-16(18-12)23-7-8-24(2,3)4/h9-11H,5-8H2,1-4H3,(H,21,22). The van der Waals surface area contributed by atoms with Crippen LogP contribution in [0.25, 0.3) is 11.3 Å². The van der Waals surface area contributed by atoms with E-state index in [9.17, 15) is 4.79 Å². The van der Waals surface area contributed by atoms with Gasteiger partial charge in [0.15, 0.2) is 0 Å². The Labute approximate surface area is 142 Å². The van der Waals surface area contributed by atoms with Crippen LogP contribution in [0.2, 0.25) is 25.7 Å². The van der Waals surface area contributed by atoms with Gasteiger partial charge in [0, 0.05) is 25.5 Å². The molecule has 2 heterocycles. The van der Waals surface area contributed by atoms with Gasteiger partial charge in [-0.05, 0) is 19.0 Å². The number of hydrogen-bond acceptors (Lipinski definition) is 5. The van der Waals surface area contributed by atoms with E-state index >= 15 is 0 Å². The third kappa shape index (κ3) is 5.77. The molecule has 7 nitrogen and oxygen atoms in total. The van der Waals surface area contributed by atoms with E-state index in [2.05, 4.69) is 34.7 Å². The van der Waals surface area contributed by atoms with Crippen molar-refractivity contribution in [1.29, 1.82) is 0 Å². The molecule has 0 aliphatic heterocycles. The van der Waals surface area contributed by atoms with Gasteiger partial charge in [-0.25, -0.2) is 4.98 Å². The topological polar surface area (TPSA) is 90.1 Å². The van der Waals surface area contributed by atoms with Gasteiger partial charge in [-0.15, -0.1) is 0 Å². The first kappa shape index (κ1) is 18.1. The number of nitrogens with zero attached hydrogens (tertiary/aromatic N) is 4. The Morgan fingerprint density at radius 1 is 1.33 bits per heavy atom. The van der Waals surface area contributed by atoms with E-state index in [1.807, 2.05) is 13.0 Å². The summed E-state index contributed by atoms with van der Waals surface area (Å²) in [6, 6.07) is 3.29. The second-order valence-corrected chi connectivity index (χ2v) is 12.6. The molecule has 0 amide bonds. The van der Waals surface area contributed by atoms with Crippen LogP contribution in [0.3, 0.4) is 0 Å². The van der Waals surface area contributed by atoms with Crippen LogP contribution in [0.5, 0.6) is 6.01 Å². The summed E-state index contributed by atoms with van der Waals surface area (Å²) in [7, 11) is -1.16. The van der Waals surface area contributed by atoms with Gasteiger partial charge in [0.25, 0.3) is 0 Å². The second kappa shape index (κ2) is 7.56. The highest BCUT2D eigenvalue weighted by molar-refractivity contribution is 6.76. The largest absolute Gasteiger partial charge is 0.481 e. The molecule has 1 N–H and O–H groups in total. The highest BCUT2D eigenvalue weighted by Crippen LogP contribution is 2.20. The van der Waals surface area contributed by atoms with Gasteiger partial charge in [-0.3, -0.25) is 9.48 Å². The molecular weight excluding hydrogens is 324 g/mol. The van der Waals surface area contributed by atoms with E-state index in [0.29, 0.717) is 19.2 Å². The average molecular weight is 348 g/mol. The molecule has 0 unspecified atom stereocenters. The minimum atomic E-state index is -1.16. The van der Waals surface area contributed by atoms with Crippen molar-refractivity contribution in [2.45, 2.75) is 45.6 Å². The van der Waals surface area contributed by atoms with Gasteiger partial charge in [0.2, 0.25) is 0 Å². The zero-order valence-corrected chi connectivity index (χ0v) is 15.6. The monoisotopic (exact) mass is 348 g/mol. The SMILES string of the molecule is Cc1cc(-c2cnn(CCC(=O)O)c2)nc(OCC[Si](C)(C)C)n1. The lowest BCUT2D eigenvalue weighted by molar-refractivity contribution is -0.137. The Morgan fingerprint density at radius 2 is 2.08 bits per heavy atom. The summed E-state index contributed by atoms with van der Waals surface area (Å²) in [6.07, 6.45) is 3.50. The van der Waals surface area contributed by atoms with Gasteiger partial charge in [-0.1, -0.05) is 19.6 Å². The molecule has 0 radical (unpaired) electrons. The molecule has 0 saturated carbocycles. The lowest BCUT2D eigenvalue weighted by Crippen LogP contribution is -2.22. The summed E-state index contributed by atoms with van der Waals surface area (Å²) in [5.74, 6) is -0.844. The van der Waals surface area contributed by atoms with Crippen molar-refractivity contribution in [3.63, 3.8) is 0 Å². The molecule has 2 rings (SSSR count). The number of hydrogen-bond donors (Lipinski definition) is 1. The maximum Gasteiger partial charge on any atom is 0.317 e.